The lowest BCUT2D eigenvalue weighted by molar-refractivity contribution is -0.149. The van der Waals surface area contributed by atoms with Gasteiger partial charge in [0.1, 0.15) is 0 Å². The number of para-hydroxylation sites is 1. The second-order valence-electron chi connectivity index (χ2n) is 7.14. The Kier molecular flexibility index (Phi) is 6.82. The van der Waals surface area contributed by atoms with Crippen LogP contribution in [0.15, 0.2) is 54.6 Å². The van der Waals surface area contributed by atoms with E-state index in [4.69, 9.17) is 4.74 Å². The molecule has 5 nitrogen and oxygen atoms in total. The van der Waals surface area contributed by atoms with Crippen molar-refractivity contribution in [2.45, 2.75) is 32.7 Å². The number of anilines is 1. The van der Waals surface area contributed by atoms with Crippen molar-refractivity contribution in [3.05, 3.63) is 54.6 Å². The number of carbonyl (C=O) groups excluding carboxylic acids is 2. The molecule has 0 saturated carbocycles. The molecule has 5 heteroatoms. The van der Waals surface area contributed by atoms with Gasteiger partial charge in [0.25, 0.3) is 0 Å². The van der Waals surface area contributed by atoms with E-state index in [9.17, 15) is 9.59 Å². The summed E-state index contributed by atoms with van der Waals surface area (Å²) >= 11 is 0. The quantitative estimate of drug-likeness (QED) is 0.771. The molecule has 148 valence electrons. The van der Waals surface area contributed by atoms with Gasteiger partial charge in [-0.05, 0) is 51.4 Å². The lowest BCUT2D eigenvalue weighted by Gasteiger charge is -2.34. The van der Waals surface area contributed by atoms with E-state index < -0.39 is 0 Å². The zero-order chi connectivity index (χ0) is 19.9. The van der Waals surface area contributed by atoms with E-state index in [2.05, 4.69) is 10.2 Å². The summed E-state index contributed by atoms with van der Waals surface area (Å²) in [5.74, 6) is -0.195. The molecule has 1 aliphatic rings. The minimum atomic E-state index is -0.257. The summed E-state index contributed by atoms with van der Waals surface area (Å²) in [6, 6.07) is 17.6. The minimum Gasteiger partial charge on any atom is -0.466 e. The highest BCUT2D eigenvalue weighted by molar-refractivity contribution is 5.98. The summed E-state index contributed by atoms with van der Waals surface area (Å²) in [7, 11) is 0. The van der Waals surface area contributed by atoms with Gasteiger partial charge in [0.15, 0.2) is 0 Å². The molecule has 0 bridgehead atoms. The smallest absolute Gasteiger partial charge is 0.309 e. The molecule has 1 saturated heterocycles. The van der Waals surface area contributed by atoms with Gasteiger partial charge in [-0.2, -0.15) is 0 Å². The third kappa shape index (κ3) is 4.78. The van der Waals surface area contributed by atoms with Crippen molar-refractivity contribution < 1.29 is 14.3 Å². The Labute approximate surface area is 166 Å². The molecule has 0 aromatic heterocycles. The second-order valence-corrected chi connectivity index (χ2v) is 7.14. The van der Waals surface area contributed by atoms with E-state index in [0.717, 1.165) is 42.7 Å². The summed E-state index contributed by atoms with van der Waals surface area (Å²) in [6.45, 7) is 5.60. The van der Waals surface area contributed by atoms with Crippen LogP contribution >= 0.6 is 0 Å². The van der Waals surface area contributed by atoms with Gasteiger partial charge < -0.3 is 10.1 Å². The summed E-state index contributed by atoms with van der Waals surface area (Å²) in [5, 5.41) is 3.09. The summed E-state index contributed by atoms with van der Waals surface area (Å²) in [4.78, 5) is 26.9. The Hall–Kier alpha value is -2.66. The Balaban J connectivity index is 1.62. The molecule has 2 aromatic carbocycles. The number of ether oxygens (including phenoxy) is 1. The predicted octanol–water partition coefficient (Wildman–Crippen LogP) is 3.96. The molecule has 28 heavy (non-hydrogen) atoms. The number of nitrogens with one attached hydrogen (secondary N) is 1. The number of nitrogens with zero attached hydrogens (tertiary/aromatic N) is 1. The van der Waals surface area contributed by atoms with Crippen LogP contribution in [0.4, 0.5) is 5.69 Å². The average molecular weight is 380 g/mol. The van der Waals surface area contributed by atoms with Gasteiger partial charge in [-0.15, -0.1) is 0 Å². The molecule has 2 aromatic rings. The fourth-order valence-corrected chi connectivity index (χ4v) is 3.65. The van der Waals surface area contributed by atoms with E-state index in [1.54, 1.807) is 0 Å². The number of benzene rings is 2. The van der Waals surface area contributed by atoms with Crippen molar-refractivity contribution in [3.8, 4) is 11.1 Å². The van der Waals surface area contributed by atoms with Gasteiger partial charge in [0.05, 0.1) is 18.6 Å². The maximum Gasteiger partial charge on any atom is 0.309 e. The predicted molar refractivity (Wildman–Crippen MR) is 111 cm³/mol. The summed E-state index contributed by atoms with van der Waals surface area (Å²) in [5.41, 5.74) is 2.89. The van der Waals surface area contributed by atoms with Crippen molar-refractivity contribution in [2.75, 3.05) is 25.0 Å². The maximum absolute atomic E-state index is 12.9. The van der Waals surface area contributed by atoms with Crippen LogP contribution in [0.1, 0.15) is 26.7 Å². The number of likely N-dealkylation sites (tertiary alicyclic amines) is 1. The molecular formula is C23H28N2O3. The largest absolute Gasteiger partial charge is 0.466 e. The zero-order valence-corrected chi connectivity index (χ0v) is 16.6. The number of amides is 1. The van der Waals surface area contributed by atoms with E-state index in [0.29, 0.717) is 6.61 Å². The van der Waals surface area contributed by atoms with Gasteiger partial charge in [-0.3, -0.25) is 14.5 Å². The third-order valence-corrected chi connectivity index (χ3v) is 5.35. The lowest BCUT2D eigenvalue weighted by Crippen LogP contribution is -2.47. The van der Waals surface area contributed by atoms with E-state index >= 15 is 0 Å². The molecule has 1 unspecified atom stereocenters. The number of carbonyl (C=O) groups is 2. The van der Waals surface area contributed by atoms with E-state index in [1.165, 1.54) is 0 Å². The van der Waals surface area contributed by atoms with E-state index in [-0.39, 0.29) is 23.8 Å². The summed E-state index contributed by atoms with van der Waals surface area (Å²) in [6.07, 6.45) is 1.47. The number of hydrogen-bond acceptors (Lipinski definition) is 4. The molecule has 0 spiro atoms. The fraction of sp³-hybridized carbons (Fsp3) is 0.391. The van der Waals surface area contributed by atoms with Gasteiger partial charge in [-0.1, -0.05) is 48.5 Å². The molecule has 0 aliphatic carbocycles. The maximum atomic E-state index is 12.9. The van der Waals surface area contributed by atoms with Crippen LogP contribution in [0.5, 0.6) is 0 Å². The van der Waals surface area contributed by atoms with Crippen LogP contribution in [0.2, 0.25) is 0 Å². The molecule has 0 radical (unpaired) electrons. The molecule has 1 N–H and O–H groups in total. The Bertz CT molecular complexity index is 799. The van der Waals surface area contributed by atoms with Crippen LogP contribution in [0, 0.1) is 5.92 Å². The normalized spacial score (nSPS) is 16.4. The Morgan fingerprint density at radius 3 is 2.39 bits per heavy atom. The molecule has 3 rings (SSSR count). The van der Waals surface area contributed by atoms with Crippen molar-refractivity contribution in [2.24, 2.45) is 5.92 Å². The average Bonchev–Trinajstić information content (AvgIpc) is 2.74. The number of hydrogen-bond donors (Lipinski definition) is 1. The zero-order valence-electron chi connectivity index (χ0n) is 16.6. The minimum absolute atomic E-state index is 0.0297. The molecular weight excluding hydrogens is 352 g/mol. The highest BCUT2D eigenvalue weighted by atomic mass is 16.5. The van der Waals surface area contributed by atoms with Crippen LogP contribution < -0.4 is 5.32 Å². The van der Waals surface area contributed by atoms with E-state index in [1.807, 2.05) is 68.4 Å². The Morgan fingerprint density at radius 2 is 1.71 bits per heavy atom. The van der Waals surface area contributed by atoms with Gasteiger partial charge in [0.2, 0.25) is 5.91 Å². The van der Waals surface area contributed by atoms with Crippen LogP contribution in [-0.2, 0) is 14.3 Å². The first-order chi connectivity index (χ1) is 13.6. The number of esters is 1. The van der Waals surface area contributed by atoms with Crippen molar-refractivity contribution >= 4 is 17.6 Å². The van der Waals surface area contributed by atoms with Crippen LogP contribution in [0.25, 0.3) is 11.1 Å². The summed E-state index contributed by atoms with van der Waals surface area (Å²) < 4.78 is 5.12. The first-order valence-electron chi connectivity index (χ1n) is 9.96. The van der Waals surface area contributed by atoms with Gasteiger partial charge in [0, 0.05) is 11.3 Å². The van der Waals surface area contributed by atoms with Crippen LogP contribution in [-0.4, -0.2) is 42.5 Å². The van der Waals surface area contributed by atoms with Gasteiger partial charge >= 0.3 is 5.97 Å². The molecule has 1 aliphatic heterocycles. The highest BCUT2D eigenvalue weighted by Crippen LogP contribution is 2.28. The third-order valence-electron chi connectivity index (χ3n) is 5.35. The fourth-order valence-electron chi connectivity index (χ4n) is 3.65. The first kappa shape index (κ1) is 20.1. The van der Waals surface area contributed by atoms with Crippen molar-refractivity contribution in [1.82, 2.24) is 4.90 Å². The molecule has 1 heterocycles. The van der Waals surface area contributed by atoms with Crippen molar-refractivity contribution in [1.29, 1.82) is 0 Å². The molecule has 1 amide bonds. The van der Waals surface area contributed by atoms with Crippen LogP contribution in [0.3, 0.4) is 0 Å². The van der Waals surface area contributed by atoms with Gasteiger partial charge in [-0.25, -0.2) is 0 Å². The number of rotatable bonds is 6. The Morgan fingerprint density at radius 1 is 1.07 bits per heavy atom. The standard InChI is InChI=1S/C23H28N2O3/c1-3-28-23(27)19-13-15-25(16-14-19)17(2)22(26)24-21-12-8-7-11-20(21)18-9-5-4-6-10-18/h4-12,17,19H,3,13-16H2,1-2H3,(H,24,26). The first-order valence-corrected chi connectivity index (χ1v) is 9.96. The highest BCUT2D eigenvalue weighted by Gasteiger charge is 2.30. The molecule has 1 fully saturated rings. The molecule has 1 atom stereocenters. The lowest BCUT2D eigenvalue weighted by atomic mass is 9.96. The second kappa shape index (κ2) is 9.51. The SMILES string of the molecule is CCOC(=O)C1CCN(C(C)C(=O)Nc2ccccc2-c2ccccc2)CC1. The topological polar surface area (TPSA) is 58.6 Å². The number of piperidine rings is 1. The van der Waals surface area contributed by atoms with Crippen molar-refractivity contribution in [3.63, 3.8) is 0 Å². The monoisotopic (exact) mass is 380 g/mol.